The molecule has 1 atom stereocenters. The number of amides is 1. The standard InChI is InChI=1S/C18H13Cl2F3N2O3/c1-8-12(16(24)27)2-3-13(15(8)26)14-7-17(28-25-14,18(21,22)23)9-4-10(19)6-11(20)5-9/h2-6,26H,7H2,1H3,(H2,24,27). The van der Waals surface area contributed by atoms with Crippen LogP contribution in [0, 0.1) is 6.92 Å². The van der Waals surface area contributed by atoms with Crippen molar-refractivity contribution in [2.24, 2.45) is 10.9 Å². The second-order valence-electron chi connectivity index (χ2n) is 6.29. The normalized spacial score (nSPS) is 19.3. The fourth-order valence-electron chi connectivity index (χ4n) is 3.04. The van der Waals surface area contributed by atoms with Crippen molar-refractivity contribution in [2.75, 3.05) is 0 Å². The molecule has 10 heteroatoms. The van der Waals surface area contributed by atoms with Gasteiger partial charge in [-0.05, 0) is 37.3 Å². The summed E-state index contributed by atoms with van der Waals surface area (Å²) in [5.74, 6) is -1.18. The molecule has 1 unspecified atom stereocenters. The third-order valence-electron chi connectivity index (χ3n) is 4.52. The molecule has 5 nitrogen and oxygen atoms in total. The Morgan fingerprint density at radius 3 is 2.39 bits per heavy atom. The molecule has 0 aromatic heterocycles. The summed E-state index contributed by atoms with van der Waals surface area (Å²) in [6.07, 6.45) is -5.58. The van der Waals surface area contributed by atoms with E-state index in [2.05, 4.69) is 5.16 Å². The van der Waals surface area contributed by atoms with Crippen LogP contribution in [0.5, 0.6) is 5.75 Å². The number of primary amides is 1. The van der Waals surface area contributed by atoms with E-state index >= 15 is 0 Å². The van der Waals surface area contributed by atoms with Crippen LogP contribution in [-0.2, 0) is 10.4 Å². The molecule has 3 rings (SSSR count). The summed E-state index contributed by atoms with van der Waals surface area (Å²) >= 11 is 11.7. The van der Waals surface area contributed by atoms with Gasteiger partial charge in [-0.25, -0.2) is 0 Å². The third-order valence-corrected chi connectivity index (χ3v) is 4.96. The first kappa shape index (κ1) is 20.3. The van der Waals surface area contributed by atoms with Crippen molar-refractivity contribution < 1.29 is 27.9 Å². The van der Waals surface area contributed by atoms with E-state index in [0.29, 0.717) is 0 Å². The van der Waals surface area contributed by atoms with Gasteiger partial charge in [0, 0.05) is 32.3 Å². The number of phenolic OH excluding ortho intramolecular Hbond substituents is 1. The summed E-state index contributed by atoms with van der Waals surface area (Å²) in [5, 5.41) is 13.9. The van der Waals surface area contributed by atoms with E-state index in [1.165, 1.54) is 25.1 Å². The van der Waals surface area contributed by atoms with E-state index in [4.69, 9.17) is 33.8 Å². The van der Waals surface area contributed by atoms with Crippen LogP contribution < -0.4 is 5.73 Å². The number of carbonyl (C=O) groups is 1. The maximum atomic E-state index is 14.0. The quantitative estimate of drug-likeness (QED) is 0.737. The molecule has 28 heavy (non-hydrogen) atoms. The van der Waals surface area contributed by atoms with Crippen LogP contribution in [0.3, 0.4) is 0 Å². The van der Waals surface area contributed by atoms with Gasteiger partial charge in [0.1, 0.15) is 5.75 Å². The van der Waals surface area contributed by atoms with Gasteiger partial charge in [-0.15, -0.1) is 0 Å². The van der Waals surface area contributed by atoms with E-state index < -0.39 is 29.9 Å². The lowest BCUT2D eigenvalue weighted by molar-refractivity contribution is -0.275. The Hall–Kier alpha value is -2.45. The highest BCUT2D eigenvalue weighted by atomic mass is 35.5. The van der Waals surface area contributed by atoms with Crippen molar-refractivity contribution in [1.82, 2.24) is 0 Å². The molecule has 1 aliphatic heterocycles. The number of hydrogen-bond acceptors (Lipinski definition) is 4. The molecule has 2 aromatic rings. The second kappa shape index (κ2) is 6.86. The zero-order valence-electron chi connectivity index (χ0n) is 14.3. The molecular formula is C18H13Cl2F3N2O3. The third kappa shape index (κ3) is 3.27. The van der Waals surface area contributed by atoms with Gasteiger partial charge in [0.2, 0.25) is 5.91 Å². The Morgan fingerprint density at radius 2 is 1.86 bits per heavy atom. The maximum Gasteiger partial charge on any atom is 0.435 e. The minimum Gasteiger partial charge on any atom is -0.507 e. The molecule has 0 aliphatic carbocycles. The van der Waals surface area contributed by atoms with E-state index in [9.17, 15) is 23.1 Å². The number of halogens is 5. The summed E-state index contributed by atoms with van der Waals surface area (Å²) < 4.78 is 42.0. The monoisotopic (exact) mass is 432 g/mol. The molecule has 0 fully saturated rings. The summed E-state index contributed by atoms with van der Waals surface area (Å²) in [6.45, 7) is 1.42. The van der Waals surface area contributed by atoms with Crippen LogP contribution in [0.15, 0.2) is 35.5 Å². The van der Waals surface area contributed by atoms with Crippen LogP contribution in [0.1, 0.15) is 33.5 Å². The van der Waals surface area contributed by atoms with Crippen LogP contribution in [0.25, 0.3) is 0 Å². The Bertz CT molecular complexity index is 988. The number of carbonyl (C=O) groups excluding carboxylic acids is 1. The number of oxime groups is 1. The van der Waals surface area contributed by atoms with Crippen molar-refractivity contribution in [2.45, 2.75) is 25.1 Å². The van der Waals surface area contributed by atoms with Gasteiger partial charge < -0.3 is 15.7 Å². The molecule has 3 N–H and O–H groups in total. The molecule has 0 spiro atoms. The van der Waals surface area contributed by atoms with E-state index in [1.807, 2.05) is 0 Å². The number of rotatable bonds is 3. The highest BCUT2D eigenvalue weighted by Gasteiger charge is 2.62. The minimum atomic E-state index is -4.86. The van der Waals surface area contributed by atoms with Crippen molar-refractivity contribution in [3.63, 3.8) is 0 Å². The Morgan fingerprint density at radius 1 is 1.25 bits per heavy atom. The van der Waals surface area contributed by atoms with Gasteiger partial charge in [-0.3, -0.25) is 4.79 Å². The summed E-state index contributed by atoms with van der Waals surface area (Å²) in [7, 11) is 0. The highest BCUT2D eigenvalue weighted by Crippen LogP contribution is 2.50. The maximum absolute atomic E-state index is 14.0. The number of phenols is 1. The lowest BCUT2D eigenvalue weighted by Gasteiger charge is -2.29. The Kier molecular flexibility index (Phi) is 4.97. The Labute approximate surface area is 167 Å². The van der Waals surface area contributed by atoms with Gasteiger partial charge >= 0.3 is 6.18 Å². The predicted molar refractivity (Wildman–Crippen MR) is 97.8 cm³/mol. The smallest absolute Gasteiger partial charge is 0.435 e. The molecule has 148 valence electrons. The summed E-state index contributed by atoms with van der Waals surface area (Å²) in [4.78, 5) is 16.3. The molecule has 0 saturated heterocycles. The van der Waals surface area contributed by atoms with E-state index in [-0.39, 0.29) is 38.0 Å². The zero-order valence-corrected chi connectivity index (χ0v) is 15.8. The van der Waals surface area contributed by atoms with Crippen LogP contribution in [-0.4, -0.2) is 22.9 Å². The molecule has 0 saturated carbocycles. The molecule has 1 heterocycles. The topological polar surface area (TPSA) is 84.9 Å². The number of alkyl halides is 3. The van der Waals surface area contributed by atoms with Gasteiger partial charge in [-0.1, -0.05) is 28.4 Å². The first-order valence-electron chi connectivity index (χ1n) is 7.87. The molecule has 2 aromatic carbocycles. The Balaban J connectivity index is 2.08. The minimum absolute atomic E-state index is 0.00162. The number of nitrogens with two attached hydrogens (primary N) is 1. The number of benzene rings is 2. The highest BCUT2D eigenvalue weighted by molar-refractivity contribution is 6.34. The van der Waals surface area contributed by atoms with Crippen molar-refractivity contribution >= 4 is 34.8 Å². The summed E-state index contributed by atoms with van der Waals surface area (Å²) in [6, 6.07) is 6.06. The predicted octanol–water partition coefficient (Wildman–Crippen LogP) is 4.69. The van der Waals surface area contributed by atoms with Crippen molar-refractivity contribution in [3.05, 3.63) is 62.6 Å². The van der Waals surface area contributed by atoms with Crippen molar-refractivity contribution in [3.8, 4) is 5.75 Å². The summed E-state index contributed by atoms with van der Waals surface area (Å²) in [5.41, 5.74) is 2.10. The van der Waals surface area contributed by atoms with E-state index in [0.717, 1.165) is 12.1 Å². The lowest BCUT2D eigenvalue weighted by atomic mass is 9.86. The average Bonchev–Trinajstić information content (AvgIpc) is 3.02. The zero-order chi connectivity index (χ0) is 20.9. The van der Waals surface area contributed by atoms with Gasteiger partial charge in [0.25, 0.3) is 5.60 Å². The van der Waals surface area contributed by atoms with Crippen molar-refractivity contribution in [1.29, 1.82) is 0 Å². The largest absolute Gasteiger partial charge is 0.507 e. The van der Waals surface area contributed by atoms with Gasteiger partial charge in [0.05, 0.1) is 12.1 Å². The SMILES string of the molecule is Cc1c(C(N)=O)ccc(C2=NOC(c3cc(Cl)cc(Cl)c3)(C(F)(F)F)C2)c1O. The average molecular weight is 433 g/mol. The van der Waals surface area contributed by atoms with Gasteiger partial charge in [0.15, 0.2) is 0 Å². The molecule has 0 radical (unpaired) electrons. The van der Waals surface area contributed by atoms with Crippen LogP contribution >= 0.6 is 23.2 Å². The second-order valence-corrected chi connectivity index (χ2v) is 7.16. The number of hydrogen-bond donors (Lipinski definition) is 2. The van der Waals surface area contributed by atoms with Gasteiger partial charge in [-0.2, -0.15) is 13.2 Å². The molecule has 0 bridgehead atoms. The van der Waals surface area contributed by atoms with E-state index in [1.54, 1.807) is 0 Å². The number of aromatic hydroxyl groups is 1. The lowest BCUT2D eigenvalue weighted by Crippen LogP contribution is -2.42. The fourth-order valence-corrected chi connectivity index (χ4v) is 3.56. The first-order valence-corrected chi connectivity index (χ1v) is 8.63. The molecular weight excluding hydrogens is 420 g/mol. The van der Waals surface area contributed by atoms with Crippen LogP contribution in [0.2, 0.25) is 10.0 Å². The van der Waals surface area contributed by atoms with Crippen LogP contribution in [0.4, 0.5) is 13.2 Å². The fraction of sp³-hybridized carbons (Fsp3) is 0.222. The molecule has 1 amide bonds. The molecule has 1 aliphatic rings. The first-order chi connectivity index (χ1) is 13.0. The number of nitrogens with zero attached hydrogens (tertiary/aromatic N) is 1.